The number of anilines is 3. The second kappa shape index (κ2) is 30.0. The number of aromatic nitrogens is 10. The molecule has 3 saturated heterocycles. The number of nitrogens with zero attached hydrogens (tertiary/aromatic N) is 14. The Balaban J connectivity index is 0.000000153. The second-order valence-corrected chi connectivity index (χ2v) is 20.3. The third-order valence-corrected chi connectivity index (χ3v) is 14.7. The van der Waals surface area contributed by atoms with Gasteiger partial charge in [0.25, 0.3) is 0 Å². The molecule has 83 heavy (non-hydrogen) atoms. The molecule has 0 radical (unpaired) electrons. The van der Waals surface area contributed by atoms with Crippen LogP contribution in [-0.4, -0.2) is 151 Å². The van der Waals surface area contributed by atoms with E-state index in [9.17, 15) is 18.2 Å². The number of aliphatic imine (C=N–C) groups is 1. The van der Waals surface area contributed by atoms with Gasteiger partial charge in [0.2, 0.25) is 23.9 Å². The molecule has 5 N–H and O–H groups in total. The number of imidazole rings is 2. The Hall–Kier alpha value is -8.43. The second-order valence-electron chi connectivity index (χ2n) is 20.3. The lowest BCUT2D eigenvalue weighted by molar-refractivity contribution is 0.252. The zero-order valence-electron chi connectivity index (χ0n) is 47.8. The van der Waals surface area contributed by atoms with Crippen molar-refractivity contribution >= 4 is 31.1 Å². The maximum Gasteiger partial charge on any atom is 0.376 e. The average Bonchev–Trinajstić information content (AvgIpc) is 4.38. The zero-order chi connectivity index (χ0) is 58.7. The van der Waals surface area contributed by atoms with Gasteiger partial charge in [-0.2, -0.15) is 0 Å². The molecule has 19 nitrogen and oxygen atoms in total. The van der Waals surface area contributed by atoms with E-state index in [1.807, 2.05) is 44.1 Å². The van der Waals surface area contributed by atoms with E-state index < -0.39 is 7.05 Å². The van der Waals surface area contributed by atoms with Crippen molar-refractivity contribution in [3.05, 3.63) is 162 Å². The quantitative estimate of drug-likeness (QED) is 0.0414. The van der Waals surface area contributed by atoms with Crippen molar-refractivity contribution in [2.45, 2.75) is 76.4 Å². The van der Waals surface area contributed by atoms with E-state index >= 15 is 0 Å². The highest BCUT2D eigenvalue weighted by molar-refractivity contribution is 6.45. The van der Waals surface area contributed by atoms with Crippen molar-refractivity contribution in [1.29, 1.82) is 0 Å². The number of halogens is 3. The van der Waals surface area contributed by atoms with Gasteiger partial charge in [-0.3, -0.25) is 4.99 Å². The fourth-order valence-corrected chi connectivity index (χ4v) is 9.97. The Bertz CT molecular complexity index is 3350. The lowest BCUT2D eigenvalue weighted by Crippen LogP contribution is -2.43. The summed E-state index contributed by atoms with van der Waals surface area (Å²) in [7, 11) is 7.11. The van der Waals surface area contributed by atoms with Gasteiger partial charge in [-0.15, -0.1) is 0 Å². The first-order valence-corrected chi connectivity index (χ1v) is 28.0. The molecule has 11 rings (SSSR count). The van der Waals surface area contributed by atoms with Gasteiger partial charge in [0.15, 0.2) is 0 Å². The van der Waals surface area contributed by atoms with E-state index in [2.05, 4.69) is 96.9 Å². The fourth-order valence-electron chi connectivity index (χ4n) is 9.97. The number of nitrogens with one attached hydrogen (secondary N) is 4. The molecule has 3 fully saturated rings. The van der Waals surface area contributed by atoms with Gasteiger partial charge in [0.1, 0.15) is 17.5 Å². The highest BCUT2D eigenvalue weighted by atomic mass is 19.1. The summed E-state index contributed by atoms with van der Waals surface area (Å²) in [4.78, 5) is 47.7. The van der Waals surface area contributed by atoms with Gasteiger partial charge in [-0.25, -0.2) is 59.6 Å². The number of rotatable bonds is 13. The number of hydrogen-bond donors (Lipinski definition) is 5. The minimum Gasteiger partial charge on any atom is -0.437 e. The Labute approximate surface area is 484 Å². The summed E-state index contributed by atoms with van der Waals surface area (Å²) in [5.74, 6) is 0.936. The molecular weight excluding hydrogens is 1060 g/mol. The first-order chi connectivity index (χ1) is 40.3. The molecule has 432 valence electrons. The average molecular weight is 1130 g/mol. The summed E-state index contributed by atoms with van der Waals surface area (Å²) in [6.07, 6.45) is 16.9. The Morgan fingerprint density at radius 3 is 1.53 bits per heavy atom. The molecule has 8 aromatic rings. The Morgan fingerprint density at radius 1 is 0.627 bits per heavy atom. The van der Waals surface area contributed by atoms with Crippen molar-refractivity contribution < 1.29 is 18.2 Å². The highest BCUT2D eigenvalue weighted by Gasteiger charge is 2.29. The van der Waals surface area contributed by atoms with Crippen LogP contribution < -0.4 is 21.3 Å². The van der Waals surface area contributed by atoms with Crippen molar-refractivity contribution in [2.75, 3.05) is 83.4 Å². The predicted molar refractivity (Wildman–Crippen MR) is 322 cm³/mol. The normalized spacial score (nSPS) is 15.6. The van der Waals surface area contributed by atoms with Crippen molar-refractivity contribution in [3.63, 3.8) is 0 Å². The Morgan fingerprint density at radius 2 is 1.07 bits per heavy atom. The van der Waals surface area contributed by atoms with Crippen molar-refractivity contribution in [3.8, 4) is 45.3 Å². The molecule has 0 bridgehead atoms. The SMILES string of the molecule is CNc1nccc(-c2c(-c3ccc(F)cc3)ncn2C2CCN(B(C)O)CC2)n1.CNc1nccc(-c2c(-c3ccc(F)cc3)ncn2C2CCNCC2)n1.CNc1nccc(C=NC2CCN(C)CC2)n1.[C-]#[N+]C(C)c1ccc(F)cc1. The van der Waals surface area contributed by atoms with Crippen LogP contribution in [0.1, 0.15) is 74.8 Å². The predicted octanol–water partition coefficient (Wildman–Crippen LogP) is 9.88. The van der Waals surface area contributed by atoms with E-state index in [0.29, 0.717) is 29.9 Å². The standard InChI is InChI=1S/C20H24BFN6O.C19H21FN6.C12H19N5.C9H8FN/c1-21(29)27-11-8-16(9-12-27)28-13-25-18(14-3-5-15(22)6-4-14)19(28)17-7-10-24-20(23-2)26-17;1-21-19-23-11-8-16(25-19)18-17(13-2-4-14(20)5-3-13)24-12-26(18)15-6-9-22-10-7-15;1-13-12-14-6-3-11(16-12)9-15-10-4-7-17(2)8-5-10;1-7(11-2)8-3-5-9(10)6-4-8/h3-7,10,13,16,29H,8-9,11-12H2,1-2H3,(H,23,24,26);2-5,8,11-12,15,22H,6-7,9-10H2,1H3,(H,21,23,25);3,6,9-10H,4-5,7-8H2,1-2H3,(H,13,14,16);3-7H,1H3. The zero-order valence-corrected chi connectivity index (χ0v) is 47.8. The van der Waals surface area contributed by atoms with Crippen molar-refractivity contribution in [1.82, 2.24) is 64.0 Å². The number of hydrogen-bond acceptors (Lipinski definition) is 16. The van der Waals surface area contributed by atoms with Gasteiger partial charge in [0, 0.05) is 81.6 Å². The summed E-state index contributed by atoms with van der Waals surface area (Å²) in [5, 5.41) is 22.1. The molecule has 3 aliphatic rings. The van der Waals surface area contributed by atoms with E-state index in [-0.39, 0.29) is 29.5 Å². The molecule has 0 saturated carbocycles. The summed E-state index contributed by atoms with van der Waals surface area (Å²) >= 11 is 0. The lowest BCUT2D eigenvalue weighted by atomic mass is 9.82. The van der Waals surface area contributed by atoms with Crippen LogP contribution in [0, 0.1) is 24.0 Å². The summed E-state index contributed by atoms with van der Waals surface area (Å²) in [6, 6.07) is 25.3. The van der Waals surface area contributed by atoms with Crippen LogP contribution in [-0.2, 0) is 0 Å². The molecule has 1 unspecified atom stereocenters. The summed E-state index contributed by atoms with van der Waals surface area (Å²) in [6.45, 7) is 16.2. The molecule has 0 aliphatic carbocycles. The van der Waals surface area contributed by atoms with E-state index in [0.717, 1.165) is 134 Å². The first kappa shape index (κ1) is 60.7. The number of likely N-dealkylation sites (tertiary alicyclic amines) is 1. The van der Waals surface area contributed by atoms with Gasteiger partial charge in [0.05, 0.1) is 58.6 Å². The molecule has 8 heterocycles. The molecule has 5 aromatic heterocycles. The lowest BCUT2D eigenvalue weighted by Gasteiger charge is -2.33. The fraction of sp³-hybridized carbons (Fsp3) is 0.367. The molecule has 0 spiro atoms. The van der Waals surface area contributed by atoms with Crippen LogP contribution in [0.5, 0.6) is 0 Å². The maximum absolute atomic E-state index is 13.4. The monoisotopic (exact) mass is 1130 g/mol. The first-order valence-electron chi connectivity index (χ1n) is 28.0. The minimum atomic E-state index is -0.437. The molecule has 3 aliphatic heterocycles. The summed E-state index contributed by atoms with van der Waals surface area (Å²) < 4.78 is 43.6. The van der Waals surface area contributed by atoms with E-state index in [1.165, 1.54) is 36.4 Å². The third kappa shape index (κ3) is 16.6. The van der Waals surface area contributed by atoms with Crippen LogP contribution in [0.2, 0.25) is 6.82 Å². The van der Waals surface area contributed by atoms with Crippen LogP contribution in [0.3, 0.4) is 0 Å². The molecule has 1 atom stereocenters. The number of benzene rings is 3. The van der Waals surface area contributed by atoms with Crippen LogP contribution >= 0.6 is 0 Å². The number of piperidine rings is 3. The van der Waals surface area contributed by atoms with Crippen LogP contribution in [0.25, 0.3) is 50.1 Å². The van der Waals surface area contributed by atoms with Gasteiger partial charge in [-0.1, -0.05) is 0 Å². The summed E-state index contributed by atoms with van der Waals surface area (Å²) in [5.41, 5.74) is 8.43. The molecule has 3 aromatic carbocycles. The van der Waals surface area contributed by atoms with Crippen LogP contribution in [0.4, 0.5) is 31.0 Å². The topological polar surface area (TPSA) is 205 Å². The molecular formula is C60H72BF3N18O. The largest absolute Gasteiger partial charge is 0.437 e. The maximum atomic E-state index is 13.4. The van der Waals surface area contributed by atoms with Crippen LogP contribution in [0.15, 0.2) is 127 Å². The molecule has 0 amide bonds. The van der Waals surface area contributed by atoms with E-state index in [4.69, 9.17) is 6.57 Å². The van der Waals surface area contributed by atoms with Gasteiger partial charge < -0.3 is 50.0 Å². The van der Waals surface area contributed by atoms with Gasteiger partial charge in [-0.05, 0) is 183 Å². The smallest absolute Gasteiger partial charge is 0.376 e. The molecule has 23 heteroatoms. The highest BCUT2D eigenvalue weighted by Crippen LogP contribution is 2.37. The Kier molecular flexibility index (Phi) is 22.0. The van der Waals surface area contributed by atoms with Crippen molar-refractivity contribution in [2.24, 2.45) is 4.99 Å². The third-order valence-electron chi connectivity index (χ3n) is 14.7. The minimum absolute atomic E-state index is 0.171. The van der Waals surface area contributed by atoms with Gasteiger partial charge >= 0.3 is 7.05 Å². The van der Waals surface area contributed by atoms with E-state index in [1.54, 1.807) is 82.8 Å².